The Morgan fingerprint density at radius 3 is 2.83 bits per heavy atom. The van der Waals surface area contributed by atoms with Crippen LogP contribution in [-0.2, 0) is 16.6 Å². The molecule has 1 saturated heterocycles. The molecule has 0 aliphatic carbocycles. The van der Waals surface area contributed by atoms with Crippen LogP contribution in [0.5, 0.6) is 0 Å². The van der Waals surface area contributed by atoms with Crippen LogP contribution in [0, 0.1) is 0 Å². The molecule has 0 saturated carbocycles. The SMILES string of the molecule is C[C@@H](Cn1cncn1)N[C@H](C)c1cccc(N2CCCS2(=O)=O)c1. The van der Waals surface area contributed by atoms with Gasteiger partial charge in [0.1, 0.15) is 12.7 Å². The third-order valence-corrected chi connectivity index (χ3v) is 6.09. The molecule has 3 rings (SSSR count). The van der Waals surface area contributed by atoms with Gasteiger partial charge in [-0.1, -0.05) is 12.1 Å². The maximum atomic E-state index is 12.1. The average Bonchev–Trinajstić information content (AvgIpc) is 3.16. The average molecular weight is 349 g/mol. The minimum atomic E-state index is -3.15. The first kappa shape index (κ1) is 16.9. The number of nitrogens with one attached hydrogen (secondary N) is 1. The highest BCUT2D eigenvalue weighted by Gasteiger charge is 2.28. The van der Waals surface area contributed by atoms with Crippen LogP contribution in [0.3, 0.4) is 0 Å². The molecule has 0 radical (unpaired) electrons. The molecule has 2 aromatic rings. The van der Waals surface area contributed by atoms with E-state index < -0.39 is 10.0 Å². The fourth-order valence-corrected chi connectivity index (χ4v) is 4.62. The first-order valence-electron chi connectivity index (χ1n) is 8.14. The topological polar surface area (TPSA) is 80.1 Å². The molecular formula is C16H23N5O2S. The molecule has 0 spiro atoms. The first-order chi connectivity index (χ1) is 11.5. The van der Waals surface area contributed by atoms with Crippen LogP contribution in [0.1, 0.15) is 31.9 Å². The highest BCUT2D eigenvalue weighted by atomic mass is 32.2. The number of nitrogens with zero attached hydrogens (tertiary/aromatic N) is 4. The summed E-state index contributed by atoms with van der Waals surface area (Å²) in [6.07, 6.45) is 3.91. The normalized spacial score (nSPS) is 19.3. The Bertz CT molecular complexity index is 776. The van der Waals surface area contributed by atoms with E-state index in [9.17, 15) is 8.42 Å². The monoisotopic (exact) mass is 349 g/mol. The molecule has 0 unspecified atom stereocenters. The van der Waals surface area contributed by atoms with Crippen LogP contribution in [-0.4, -0.2) is 41.5 Å². The quantitative estimate of drug-likeness (QED) is 0.856. The van der Waals surface area contributed by atoms with E-state index in [2.05, 4.69) is 29.2 Å². The zero-order valence-electron chi connectivity index (χ0n) is 14.0. The van der Waals surface area contributed by atoms with Crippen LogP contribution in [0.15, 0.2) is 36.9 Å². The summed E-state index contributed by atoms with van der Waals surface area (Å²) >= 11 is 0. The predicted octanol–water partition coefficient (Wildman–Crippen LogP) is 1.56. The molecule has 1 aromatic carbocycles. The fourth-order valence-electron chi connectivity index (χ4n) is 3.06. The van der Waals surface area contributed by atoms with Crippen molar-refractivity contribution in [1.29, 1.82) is 0 Å². The Hall–Kier alpha value is -1.93. The van der Waals surface area contributed by atoms with Gasteiger partial charge in [0.15, 0.2) is 0 Å². The van der Waals surface area contributed by atoms with Gasteiger partial charge < -0.3 is 5.32 Å². The van der Waals surface area contributed by atoms with Gasteiger partial charge >= 0.3 is 0 Å². The van der Waals surface area contributed by atoms with Crippen molar-refractivity contribution < 1.29 is 8.42 Å². The third kappa shape index (κ3) is 3.76. The molecule has 2 atom stereocenters. The lowest BCUT2D eigenvalue weighted by molar-refractivity contribution is 0.412. The van der Waals surface area contributed by atoms with E-state index in [1.807, 2.05) is 24.3 Å². The van der Waals surface area contributed by atoms with E-state index in [0.29, 0.717) is 13.0 Å². The van der Waals surface area contributed by atoms with E-state index in [1.54, 1.807) is 11.0 Å². The van der Waals surface area contributed by atoms with Gasteiger partial charge in [-0.05, 0) is 38.0 Å². The number of anilines is 1. The lowest BCUT2D eigenvalue weighted by Crippen LogP contribution is -2.33. The second-order valence-corrected chi connectivity index (χ2v) is 8.26. The number of sulfonamides is 1. The number of aromatic nitrogens is 3. The Kier molecular flexibility index (Phi) is 4.86. The lowest BCUT2D eigenvalue weighted by atomic mass is 10.1. The Labute approximate surface area is 142 Å². The van der Waals surface area contributed by atoms with E-state index >= 15 is 0 Å². The van der Waals surface area contributed by atoms with Crippen LogP contribution in [0.2, 0.25) is 0 Å². The van der Waals surface area contributed by atoms with Crippen LogP contribution in [0.25, 0.3) is 0 Å². The number of rotatable bonds is 6. The third-order valence-electron chi connectivity index (χ3n) is 4.22. The zero-order chi connectivity index (χ0) is 17.2. The number of hydrogen-bond donors (Lipinski definition) is 1. The number of hydrogen-bond acceptors (Lipinski definition) is 5. The summed E-state index contributed by atoms with van der Waals surface area (Å²) in [7, 11) is -3.15. The first-order valence-corrected chi connectivity index (χ1v) is 9.75. The van der Waals surface area contributed by atoms with Crippen LogP contribution in [0.4, 0.5) is 5.69 Å². The van der Waals surface area contributed by atoms with Crippen molar-refractivity contribution in [3.63, 3.8) is 0 Å². The Morgan fingerprint density at radius 1 is 1.33 bits per heavy atom. The fraction of sp³-hybridized carbons (Fsp3) is 0.500. The molecule has 1 N–H and O–H groups in total. The van der Waals surface area contributed by atoms with E-state index in [-0.39, 0.29) is 17.8 Å². The van der Waals surface area contributed by atoms with Crippen molar-refractivity contribution in [2.45, 2.75) is 38.9 Å². The highest BCUT2D eigenvalue weighted by Crippen LogP contribution is 2.26. The molecule has 2 heterocycles. The van der Waals surface area contributed by atoms with Gasteiger partial charge in [-0.2, -0.15) is 5.10 Å². The van der Waals surface area contributed by atoms with Crippen molar-refractivity contribution >= 4 is 15.7 Å². The molecule has 0 amide bonds. The van der Waals surface area contributed by atoms with Gasteiger partial charge in [0.05, 0.1) is 18.0 Å². The molecule has 8 heteroatoms. The van der Waals surface area contributed by atoms with Crippen molar-refractivity contribution in [2.24, 2.45) is 0 Å². The van der Waals surface area contributed by atoms with Gasteiger partial charge in [0.25, 0.3) is 0 Å². The summed E-state index contributed by atoms with van der Waals surface area (Å²) in [6.45, 7) is 5.46. The molecule has 1 aromatic heterocycles. The number of benzene rings is 1. The zero-order valence-corrected chi connectivity index (χ0v) is 14.8. The predicted molar refractivity (Wildman–Crippen MR) is 93.2 cm³/mol. The summed E-state index contributed by atoms with van der Waals surface area (Å²) in [5, 5.41) is 7.63. The Morgan fingerprint density at radius 2 is 2.17 bits per heavy atom. The second-order valence-electron chi connectivity index (χ2n) is 6.24. The Balaban J connectivity index is 1.69. The van der Waals surface area contributed by atoms with Gasteiger partial charge in [0.2, 0.25) is 10.0 Å². The van der Waals surface area contributed by atoms with Crippen molar-refractivity contribution in [1.82, 2.24) is 20.1 Å². The highest BCUT2D eigenvalue weighted by molar-refractivity contribution is 7.93. The largest absolute Gasteiger partial charge is 0.306 e. The van der Waals surface area contributed by atoms with Crippen molar-refractivity contribution in [2.75, 3.05) is 16.6 Å². The molecule has 130 valence electrons. The summed E-state index contributed by atoms with van der Waals surface area (Å²) in [5.41, 5.74) is 1.82. The van der Waals surface area contributed by atoms with E-state index in [4.69, 9.17) is 0 Å². The standard InChI is InChI=1S/C16H23N5O2S/c1-13(10-20-12-17-11-18-20)19-14(2)15-5-3-6-16(9-15)21-7-4-8-24(21,22)23/h3,5-6,9,11-14,19H,4,7-8,10H2,1-2H3/t13-,14+/m0/s1. The smallest absolute Gasteiger partial charge is 0.235 e. The summed E-state index contributed by atoms with van der Waals surface area (Å²) in [4.78, 5) is 3.94. The maximum absolute atomic E-state index is 12.1. The summed E-state index contributed by atoms with van der Waals surface area (Å²) in [6, 6.07) is 8.07. The molecule has 1 fully saturated rings. The minimum Gasteiger partial charge on any atom is -0.306 e. The van der Waals surface area contributed by atoms with Crippen LogP contribution < -0.4 is 9.62 Å². The van der Waals surface area contributed by atoms with Crippen molar-refractivity contribution in [3.8, 4) is 0 Å². The van der Waals surface area contributed by atoms with E-state index in [1.165, 1.54) is 10.6 Å². The molecular weight excluding hydrogens is 326 g/mol. The lowest BCUT2D eigenvalue weighted by Gasteiger charge is -2.22. The van der Waals surface area contributed by atoms with Gasteiger partial charge in [0, 0.05) is 18.6 Å². The van der Waals surface area contributed by atoms with Gasteiger partial charge in [-0.15, -0.1) is 0 Å². The van der Waals surface area contributed by atoms with E-state index in [0.717, 1.165) is 17.8 Å². The second kappa shape index (κ2) is 6.90. The van der Waals surface area contributed by atoms with Gasteiger partial charge in [-0.25, -0.2) is 13.4 Å². The summed E-state index contributed by atoms with van der Waals surface area (Å²) in [5.74, 6) is 0.236. The molecule has 7 nitrogen and oxygen atoms in total. The maximum Gasteiger partial charge on any atom is 0.235 e. The molecule has 0 bridgehead atoms. The van der Waals surface area contributed by atoms with Crippen molar-refractivity contribution in [3.05, 3.63) is 42.5 Å². The molecule has 1 aliphatic heterocycles. The van der Waals surface area contributed by atoms with Crippen LogP contribution >= 0.6 is 0 Å². The van der Waals surface area contributed by atoms with Gasteiger partial charge in [-0.3, -0.25) is 8.99 Å². The summed E-state index contributed by atoms with van der Waals surface area (Å²) < 4.78 is 27.5. The minimum absolute atomic E-state index is 0.105. The molecule has 24 heavy (non-hydrogen) atoms. The molecule has 1 aliphatic rings.